The monoisotopic (exact) mass is 414 g/mol. The van der Waals surface area contributed by atoms with Crippen LogP contribution in [-0.2, 0) is 19.9 Å². The Labute approximate surface area is 181 Å². The Kier molecular flexibility index (Phi) is 5.71. The van der Waals surface area contributed by atoms with Gasteiger partial charge in [-0.3, -0.25) is 14.3 Å². The third-order valence-corrected chi connectivity index (χ3v) is 5.71. The highest BCUT2D eigenvalue weighted by Gasteiger charge is 2.25. The molecule has 0 saturated carbocycles. The number of aromatic amines is 1. The zero-order chi connectivity index (χ0) is 22.0. The summed E-state index contributed by atoms with van der Waals surface area (Å²) in [5.74, 6) is -0.427. The van der Waals surface area contributed by atoms with Gasteiger partial charge in [-0.1, -0.05) is 37.3 Å². The van der Waals surface area contributed by atoms with Crippen LogP contribution in [0, 0.1) is 6.92 Å². The Morgan fingerprint density at radius 2 is 1.90 bits per heavy atom. The van der Waals surface area contributed by atoms with Crippen LogP contribution >= 0.6 is 0 Å². The first-order valence-electron chi connectivity index (χ1n) is 10.5. The van der Waals surface area contributed by atoms with Gasteiger partial charge in [0.05, 0.1) is 6.04 Å². The van der Waals surface area contributed by atoms with E-state index in [4.69, 9.17) is 0 Å². The average Bonchev–Trinajstić information content (AvgIpc) is 3.34. The van der Waals surface area contributed by atoms with E-state index in [2.05, 4.69) is 22.3 Å². The van der Waals surface area contributed by atoms with Crippen molar-refractivity contribution in [2.24, 2.45) is 7.05 Å². The number of nitrogens with one attached hydrogen (secondary N) is 2. The lowest BCUT2D eigenvalue weighted by molar-refractivity contribution is 0.0852. The van der Waals surface area contributed by atoms with Gasteiger partial charge >= 0.3 is 0 Å². The van der Waals surface area contributed by atoms with Gasteiger partial charge in [0, 0.05) is 41.8 Å². The number of H-pyrrole nitrogens is 1. The largest absolute Gasteiger partial charge is 0.358 e. The van der Waals surface area contributed by atoms with Crippen molar-refractivity contribution in [2.75, 3.05) is 0 Å². The highest BCUT2D eigenvalue weighted by molar-refractivity contribution is 6.04. The first kappa shape index (κ1) is 20.6. The summed E-state index contributed by atoms with van der Waals surface area (Å²) >= 11 is 0. The van der Waals surface area contributed by atoms with E-state index < -0.39 is 6.04 Å². The van der Waals surface area contributed by atoms with Gasteiger partial charge in [0.15, 0.2) is 0 Å². The highest BCUT2D eigenvalue weighted by atomic mass is 16.2. The topological polar surface area (TPSA) is 79.8 Å². The standard InChI is InChI=1S/C25H26N4O2/c1-4-19-16(2)27-21-11-10-18(15-20(19)21)25(31)28-22(14-17-8-6-5-7-9-17)24(30)23-12-13-26-29(23)3/h5-13,15,22,27H,4,14H2,1-3H3,(H,28,31). The quantitative estimate of drug-likeness (QED) is 0.449. The van der Waals surface area contributed by atoms with Crippen LogP contribution in [0.3, 0.4) is 0 Å². The van der Waals surface area contributed by atoms with Gasteiger partial charge in [-0.15, -0.1) is 0 Å². The Hall–Kier alpha value is -3.67. The number of rotatable bonds is 7. The van der Waals surface area contributed by atoms with Crippen molar-refractivity contribution in [2.45, 2.75) is 32.7 Å². The summed E-state index contributed by atoms with van der Waals surface area (Å²) < 4.78 is 1.54. The molecule has 0 fully saturated rings. The number of nitrogens with zero attached hydrogens (tertiary/aromatic N) is 2. The lowest BCUT2D eigenvalue weighted by atomic mass is 9.99. The molecule has 0 saturated heterocycles. The van der Waals surface area contributed by atoms with Crippen molar-refractivity contribution in [3.05, 3.63) is 88.9 Å². The molecule has 4 rings (SSSR count). The number of carbonyl (C=O) groups excluding carboxylic acids is 2. The number of fused-ring (bicyclic) bond motifs is 1. The van der Waals surface area contributed by atoms with E-state index in [-0.39, 0.29) is 11.7 Å². The first-order valence-corrected chi connectivity index (χ1v) is 10.5. The molecular formula is C25H26N4O2. The van der Waals surface area contributed by atoms with Crippen molar-refractivity contribution < 1.29 is 9.59 Å². The molecule has 0 aliphatic rings. The van der Waals surface area contributed by atoms with Crippen LogP contribution in [-0.4, -0.2) is 32.5 Å². The lowest BCUT2D eigenvalue weighted by Gasteiger charge is -2.18. The Balaban J connectivity index is 1.64. The van der Waals surface area contributed by atoms with E-state index in [1.807, 2.05) is 49.4 Å². The van der Waals surface area contributed by atoms with E-state index in [1.54, 1.807) is 25.4 Å². The van der Waals surface area contributed by atoms with E-state index in [1.165, 1.54) is 10.2 Å². The molecular weight excluding hydrogens is 388 g/mol. The number of aromatic nitrogens is 3. The van der Waals surface area contributed by atoms with Crippen LogP contribution in [0.1, 0.15) is 44.6 Å². The molecule has 0 bridgehead atoms. The molecule has 1 atom stereocenters. The second-order valence-electron chi connectivity index (χ2n) is 7.76. The summed E-state index contributed by atoms with van der Waals surface area (Å²) in [7, 11) is 1.73. The fraction of sp³-hybridized carbons (Fsp3) is 0.240. The molecule has 2 N–H and O–H groups in total. The van der Waals surface area contributed by atoms with E-state index in [0.717, 1.165) is 28.6 Å². The predicted molar refractivity (Wildman–Crippen MR) is 121 cm³/mol. The molecule has 2 aromatic heterocycles. The van der Waals surface area contributed by atoms with Crippen molar-refractivity contribution in [1.29, 1.82) is 0 Å². The lowest BCUT2D eigenvalue weighted by Crippen LogP contribution is -2.43. The molecule has 1 unspecified atom stereocenters. The maximum absolute atomic E-state index is 13.2. The third-order valence-electron chi connectivity index (χ3n) is 5.71. The van der Waals surface area contributed by atoms with Gasteiger partial charge in [-0.05, 0) is 48.7 Å². The number of ketones is 1. The van der Waals surface area contributed by atoms with Gasteiger partial charge in [0.2, 0.25) is 5.78 Å². The summed E-state index contributed by atoms with van der Waals surface area (Å²) in [6.45, 7) is 4.14. The van der Waals surface area contributed by atoms with Gasteiger partial charge in [0.25, 0.3) is 5.91 Å². The molecule has 2 aromatic carbocycles. The summed E-state index contributed by atoms with van der Waals surface area (Å²) in [6, 6.07) is 16.3. The Morgan fingerprint density at radius 1 is 1.13 bits per heavy atom. The maximum Gasteiger partial charge on any atom is 0.251 e. The van der Waals surface area contributed by atoms with Gasteiger partial charge in [-0.25, -0.2) is 0 Å². The first-order chi connectivity index (χ1) is 15.0. The normalized spacial score (nSPS) is 12.1. The summed E-state index contributed by atoms with van der Waals surface area (Å²) in [5.41, 5.74) is 5.31. The van der Waals surface area contributed by atoms with Crippen LogP contribution in [0.2, 0.25) is 0 Å². The number of benzene rings is 2. The molecule has 31 heavy (non-hydrogen) atoms. The molecule has 6 nitrogen and oxygen atoms in total. The minimum absolute atomic E-state index is 0.162. The van der Waals surface area contributed by atoms with Crippen LogP contribution < -0.4 is 5.32 Å². The number of Topliss-reactive ketones (excluding diaryl/α,β-unsaturated/α-hetero) is 1. The Morgan fingerprint density at radius 3 is 2.58 bits per heavy atom. The number of hydrogen-bond donors (Lipinski definition) is 2. The minimum Gasteiger partial charge on any atom is -0.358 e. The summed E-state index contributed by atoms with van der Waals surface area (Å²) in [4.78, 5) is 29.8. The van der Waals surface area contributed by atoms with Crippen LogP contribution in [0.25, 0.3) is 10.9 Å². The fourth-order valence-electron chi connectivity index (χ4n) is 4.07. The molecule has 1 amide bonds. The zero-order valence-corrected chi connectivity index (χ0v) is 18.0. The molecule has 0 spiro atoms. The summed E-state index contributed by atoms with van der Waals surface area (Å²) in [5, 5.41) is 8.11. The van der Waals surface area contributed by atoms with Crippen LogP contribution in [0.5, 0.6) is 0 Å². The summed E-state index contributed by atoms with van der Waals surface area (Å²) in [6.07, 6.45) is 2.87. The number of amides is 1. The maximum atomic E-state index is 13.2. The van der Waals surface area contributed by atoms with E-state index >= 15 is 0 Å². The van der Waals surface area contributed by atoms with Crippen molar-refractivity contribution >= 4 is 22.6 Å². The second-order valence-corrected chi connectivity index (χ2v) is 7.76. The van der Waals surface area contributed by atoms with Gasteiger partial charge in [0.1, 0.15) is 5.69 Å². The molecule has 0 radical (unpaired) electrons. The Bertz CT molecular complexity index is 1240. The van der Waals surface area contributed by atoms with Crippen molar-refractivity contribution in [3.8, 4) is 0 Å². The zero-order valence-electron chi connectivity index (χ0n) is 18.0. The number of aryl methyl sites for hydroxylation is 3. The van der Waals surface area contributed by atoms with Gasteiger partial charge < -0.3 is 10.3 Å². The van der Waals surface area contributed by atoms with Crippen LogP contribution in [0.15, 0.2) is 60.8 Å². The predicted octanol–water partition coefficient (Wildman–Crippen LogP) is 4.00. The van der Waals surface area contributed by atoms with Crippen molar-refractivity contribution in [1.82, 2.24) is 20.1 Å². The highest BCUT2D eigenvalue weighted by Crippen LogP contribution is 2.24. The molecule has 0 aliphatic heterocycles. The second kappa shape index (κ2) is 8.60. The fourth-order valence-corrected chi connectivity index (χ4v) is 4.07. The number of carbonyl (C=O) groups is 2. The van der Waals surface area contributed by atoms with E-state index in [9.17, 15) is 9.59 Å². The number of hydrogen-bond acceptors (Lipinski definition) is 3. The molecule has 158 valence electrons. The minimum atomic E-state index is -0.695. The average molecular weight is 415 g/mol. The third kappa shape index (κ3) is 4.14. The molecule has 2 heterocycles. The molecule has 4 aromatic rings. The van der Waals surface area contributed by atoms with Crippen molar-refractivity contribution in [3.63, 3.8) is 0 Å². The van der Waals surface area contributed by atoms with E-state index in [0.29, 0.717) is 17.7 Å². The smallest absolute Gasteiger partial charge is 0.251 e. The van der Waals surface area contributed by atoms with Gasteiger partial charge in [-0.2, -0.15) is 5.10 Å². The SMILES string of the molecule is CCc1c(C)[nH]c2ccc(C(=O)NC(Cc3ccccc3)C(=O)c3ccnn3C)cc12. The molecule has 6 heteroatoms. The molecule has 0 aliphatic carbocycles. The van der Waals surface area contributed by atoms with Crippen LogP contribution in [0.4, 0.5) is 0 Å².